The van der Waals surface area contributed by atoms with Crippen molar-refractivity contribution >= 4 is 63.1 Å². The Hall–Kier alpha value is -5.01. The number of aryl methyl sites for hydroxylation is 1. The van der Waals surface area contributed by atoms with E-state index in [1.165, 1.54) is 26.1 Å². The minimum Gasteiger partial charge on any atom is -0.366 e. The Bertz CT molecular complexity index is 2230. The number of pyridine rings is 1. The van der Waals surface area contributed by atoms with Crippen molar-refractivity contribution in [3.8, 4) is 5.69 Å². The number of halogens is 1. The van der Waals surface area contributed by atoms with Crippen LogP contribution in [0.4, 0.5) is 21.6 Å². The maximum absolute atomic E-state index is 14.5. The zero-order chi connectivity index (χ0) is 33.0. The molecule has 0 N–H and O–H groups in total. The first-order valence-electron chi connectivity index (χ1n) is 15.0. The predicted molar refractivity (Wildman–Crippen MR) is 188 cm³/mol. The van der Waals surface area contributed by atoms with E-state index in [9.17, 15) is 18.8 Å². The normalized spacial score (nSPS) is 16.3. The molecule has 2 aliphatic rings. The SMILES string of the molecule is Cc1cccn2c(=O)c(/C=C3/SC(=S)N(c4c(C)n(C)n(-c5ccccc5)c4=O)C3=O)c(N3CCN(c4ccccc4F)CC3)nc12. The number of hydrogen-bond donors (Lipinski definition) is 0. The highest BCUT2D eigenvalue weighted by molar-refractivity contribution is 8.27. The standard InChI is InChI=1S/C34H30FN7O3S2/c1-21-10-9-15-40-29(21)36-30(39-18-16-38(17-19-39)26-14-8-7-13-25(26)35)24(31(40)43)20-27-32(44)41(34(46)47-27)28-22(2)37(3)42(33(28)45)23-11-5-4-6-12-23/h4-15,20H,16-19H2,1-3H3/b27-20+. The molecule has 238 valence electrons. The first kappa shape index (κ1) is 30.6. The molecule has 2 aromatic carbocycles. The molecular weight excluding hydrogens is 638 g/mol. The molecule has 13 heteroatoms. The van der Waals surface area contributed by atoms with Crippen molar-refractivity contribution in [1.82, 2.24) is 18.7 Å². The Morgan fingerprint density at radius 3 is 2.28 bits per heavy atom. The molecule has 2 fully saturated rings. The van der Waals surface area contributed by atoms with Gasteiger partial charge in [0.05, 0.1) is 27.5 Å². The summed E-state index contributed by atoms with van der Waals surface area (Å²) in [7, 11) is 1.75. The Kier molecular flexibility index (Phi) is 7.80. The number of para-hydroxylation sites is 2. The Balaban J connectivity index is 1.29. The number of carbonyl (C=O) groups excluding carboxylic acids is 1. The van der Waals surface area contributed by atoms with Crippen LogP contribution in [0.5, 0.6) is 0 Å². The van der Waals surface area contributed by atoms with Crippen molar-refractivity contribution in [2.75, 3.05) is 40.9 Å². The molecule has 0 atom stereocenters. The maximum Gasteiger partial charge on any atom is 0.296 e. The lowest BCUT2D eigenvalue weighted by Gasteiger charge is -2.37. The number of piperazine rings is 1. The van der Waals surface area contributed by atoms with E-state index < -0.39 is 5.91 Å². The van der Waals surface area contributed by atoms with Gasteiger partial charge in [0.1, 0.15) is 23.0 Å². The molecule has 0 radical (unpaired) electrons. The van der Waals surface area contributed by atoms with Gasteiger partial charge in [-0.25, -0.2) is 14.1 Å². The number of nitrogens with zero attached hydrogens (tertiary/aromatic N) is 7. The molecular formula is C34H30FN7O3S2. The quantitative estimate of drug-likeness (QED) is 0.198. The highest BCUT2D eigenvalue weighted by Crippen LogP contribution is 2.37. The zero-order valence-electron chi connectivity index (χ0n) is 25.9. The Morgan fingerprint density at radius 1 is 0.872 bits per heavy atom. The smallest absolute Gasteiger partial charge is 0.296 e. The van der Waals surface area contributed by atoms with E-state index in [-0.39, 0.29) is 37.4 Å². The zero-order valence-corrected chi connectivity index (χ0v) is 27.5. The number of benzene rings is 2. The van der Waals surface area contributed by atoms with Crippen molar-refractivity contribution in [2.45, 2.75) is 13.8 Å². The van der Waals surface area contributed by atoms with Crippen LogP contribution in [0.15, 0.2) is 87.4 Å². The lowest BCUT2D eigenvalue weighted by Crippen LogP contribution is -2.47. The third kappa shape index (κ3) is 5.15. The molecule has 7 rings (SSSR count). The van der Waals surface area contributed by atoms with Crippen molar-refractivity contribution in [2.24, 2.45) is 7.05 Å². The number of thioether (sulfide) groups is 1. The van der Waals surface area contributed by atoms with Gasteiger partial charge in [-0.15, -0.1) is 0 Å². The van der Waals surface area contributed by atoms with Gasteiger partial charge in [0.15, 0.2) is 4.32 Å². The second-order valence-corrected chi connectivity index (χ2v) is 13.1. The van der Waals surface area contributed by atoms with Gasteiger partial charge >= 0.3 is 0 Å². The first-order chi connectivity index (χ1) is 22.7. The highest BCUT2D eigenvalue weighted by Gasteiger charge is 2.38. The number of fused-ring (bicyclic) bond motifs is 1. The minimum absolute atomic E-state index is 0.163. The lowest BCUT2D eigenvalue weighted by molar-refractivity contribution is -0.113. The van der Waals surface area contributed by atoms with Crippen LogP contribution in [0.2, 0.25) is 0 Å². The van der Waals surface area contributed by atoms with Crippen molar-refractivity contribution < 1.29 is 9.18 Å². The fourth-order valence-electron chi connectivity index (χ4n) is 6.14. The number of rotatable bonds is 5. The van der Waals surface area contributed by atoms with Crippen LogP contribution in [0.3, 0.4) is 0 Å². The number of amides is 1. The van der Waals surface area contributed by atoms with Gasteiger partial charge in [-0.1, -0.05) is 60.4 Å². The van der Waals surface area contributed by atoms with E-state index >= 15 is 0 Å². The highest BCUT2D eigenvalue weighted by atomic mass is 32.2. The van der Waals surface area contributed by atoms with Gasteiger partial charge in [0.2, 0.25) is 0 Å². The predicted octanol–water partition coefficient (Wildman–Crippen LogP) is 4.67. The van der Waals surface area contributed by atoms with Gasteiger partial charge in [0.25, 0.3) is 17.0 Å². The molecule has 0 saturated carbocycles. The topological polar surface area (TPSA) is 88.1 Å². The summed E-state index contributed by atoms with van der Waals surface area (Å²) in [6.07, 6.45) is 3.19. The van der Waals surface area contributed by atoms with Crippen LogP contribution in [0.25, 0.3) is 17.4 Å². The molecule has 5 heterocycles. The van der Waals surface area contributed by atoms with Crippen molar-refractivity contribution in [1.29, 1.82) is 0 Å². The summed E-state index contributed by atoms with van der Waals surface area (Å²) in [5.41, 5.74) is 2.76. The summed E-state index contributed by atoms with van der Waals surface area (Å²) < 4.78 is 19.4. The van der Waals surface area contributed by atoms with Crippen LogP contribution >= 0.6 is 24.0 Å². The summed E-state index contributed by atoms with van der Waals surface area (Å²) in [6, 6.07) is 19.5. The van der Waals surface area contributed by atoms with Crippen LogP contribution in [-0.4, -0.2) is 55.2 Å². The third-order valence-corrected chi connectivity index (χ3v) is 9.96. The van der Waals surface area contributed by atoms with Crippen LogP contribution < -0.4 is 25.8 Å². The Labute approximate surface area is 278 Å². The number of anilines is 3. The molecule has 2 aliphatic heterocycles. The molecule has 0 spiro atoms. The van der Waals surface area contributed by atoms with E-state index in [1.807, 2.05) is 59.2 Å². The lowest BCUT2D eigenvalue weighted by atomic mass is 10.2. The first-order valence-corrected chi connectivity index (χ1v) is 16.3. The van der Waals surface area contributed by atoms with Crippen molar-refractivity contribution in [3.63, 3.8) is 0 Å². The second kappa shape index (κ2) is 12.0. The summed E-state index contributed by atoms with van der Waals surface area (Å²) in [6.45, 7) is 5.63. The van der Waals surface area contributed by atoms with Crippen LogP contribution in [0, 0.1) is 19.7 Å². The van der Waals surface area contributed by atoms with Crippen molar-refractivity contribution in [3.05, 3.63) is 121 Å². The van der Waals surface area contributed by atoms with Gasteiger partial charge in [0, 0.05) is 39.4 Å². The second-order valence-electron chi connectivity index (χ2n) is 11.4. The van der Waals surface area contributed by atoms with Gasteiger partial charge in [-0.05, 0) is 55.8 Å². The maximum atomic E-state index is 14.5. The molecule has 0 aliphatic carbocycles. The number of carbonyl (C=O) groups is 1. The largest absolute Gasteiger partial charge is 0.366 e. The number of aromatic nitrogens is 4. The van der Waals surface area contributed by atoms with Gasteiger partial charge < -0.3 is 9.80 Å². The third-order valence-electron chi connectivity index (χ3n) is 8.65. The molecule has 2 saturated heterocycles. The summed E-state index contributed by atoms with van der Waals surface area (Å²) in [5.74, 6) is -0.342. The van der Waals surface area contributed by atoms with Crippen LogP contribution in [0.1, 0.15) is 16.8 Å². The number of thiocarbonyl (C=S) groups is 1. The van der Waals surface area contributed by atoms with Crippen LogP contribution in [-0.2, 0) is 11.8 Å². The number of hydrogen-bond acceptors (Lipinski definition) is 8. The molecule has 10 nitrogen and oxygen atoms in total. The van der Waals surface area contributed by atoms with E-state index in [1.54, 1.807) is 43.0 Å². The molecule has 3 aromatic heterocycles. The van der Waals surface area contributed by atoms with E-state index in [0.29, 0.717) is 54.7 Å². The molecule has 0 unspecified atom stereocenters. The molecule has 5 aromatic rings. The monoisotopic (exact) mass is 667 g/mol. The fourth-order valence-corrected chi connectivity index (χ4v) is 7.39. The van der Waals surface area contributed by atoms with E-state index in [4.69, 9.17) is 17.2 Å². The van der Waals surface area contributed by atoms with E-state index in [2.05, 4.69) is 0 Å². The van der Waals surface area contributed by atoms with Gasteiger partial charge in [-0.3, -0.25) is 28.4 Å². The average Bonchev–Trinajstić information content (AvgIpc) is 3.47. The van der Waals surface area contributed by atoms with Gasteiger partial charge in [-0.2, -0.15) is 0 Å². The summed E-state index contributed by atoms with van der Waals surface area (Å²) in [5, 5.41) is 0. The summed E-state index contributed by atoms with van der Waals surface area (Å²) >= 11 is 6.70. The average molecular weight is 668 g/mol. The molecule has 0 bridgehead atoms. The molecule has 1 amide bonds. The Morgan fingerprint density at radius 2 is 1.55 bits per heavy atom. The summed E-state index contributed by atoms with van der Waals surface area (Å²) in [4.78, 5) is 52.3. The minimum atomic E-state index is -0.491. The van der Waals surface area contributed by atoms with E-state index in [0.717, 1.165) is 17.3 Å². The molecule has 47 heavy (non-hydrogen) atoms. The fraction of sp³-hybridized carbons (Fsp3) is 0.206.